The minimum Gasteiger partial charge on any atom is -0.790 e. The van der Waals surface area contributed by atoms with Crippen LogP contribution in [0.1, 0.15) is 16.6 Å². The fraction of sp³-hybridized carbons (Fsp3) is 0.304. The Labute approximate surface area is 287 Å². The summed E-state index contributed by atoms with van der Waals surface area (Å²) in [6.45, 7) is -0.893. The molecular formula is C23H24FN6Na2O9P. The number of ether oxygens (including phenoxy) is 4. The van der Waals surface area contributed by atoms with Crippen molar-refractivity contribution in [1.29, 1.82) is 0 Å². The van der Waals surface area contributed by atoms with Gasteiger partial charge in [-0.2, -0.15) is 4.98 Å². The smallest absolute Gasteiger partial charge is 0.790 e. The van der Waals surface area contributed by atoms with Gasteiger partial charge in [-0.15, -0.1) is 0 Å². The van der Waals surface area contributed by atoms with Gasteiger partial charge in [-0.25, -0.2) is 14.4 Å². The first-order chi connectivity index (χ1) is 19.6. The zero-order chi connectivity index (χ0) is 31.0. The van der Waals surface area contributed by atoms with Crippen molar-refractivity contribution in [3.63, 3.8) is 0 Å². The molecule has 3 heterocycles. The quantitative estimate of drug-likeness (QED) is 0.163. The fourth-order valence-corrected chi connectivity index (χ4v) is 3.70. The van der Waals surface area contributed by atoms with Gasteiger partial charge in [0.2, 0.25) is 11.7 Å². The average Bonchev–Trinajstić information content (AvgIpc) is 2.89. The second kappa shape index (κ2) is 14.5. The maximum atomic E-state index is 14.7. The number of carbonyl (C=O) groups excluding carboxylic acids is 1. The van der Waals surface area contributed by atoms with Gasteiger partial charge < -0.3 is 48.5 Å². The number of phosphoric acid groups is 1. The number of hydrogen-bond donors (Lipinski definition) is 2. The molecule has 214 valence electrons. The number of carbonyl (C=O) groups is 1. The van der Waals surface area contributed by atoms with E-state index >= 15 is 0 Å². The van der Waals surface area contributed by atoms with Crippen LogP contribution in [0.25, 0.3) is 0 Å². The van der Waals surface area contributed by atoms with E-state index in [-0.39, 0.29) is 87.3 Å². The largest absolute Gasteiger partial charge is 1.00 e. The van der Waals surface area contributed by atoms with Crippen molar-refractivity contribution in [2.75, 3.05) is 43.5 Å². The molecule has 3 aromatic rings. The number of anilines is 5. The fourth-order valence-electron chi connectivity index (χ4n) is 3.52. The Bertz CT molecular complexity index is 1560. The summed E-state index contributed by atoms with van der Waals surface area (Å²) in [6, 6.07) is 5.71. The van der Waals surface area contributed by atoms with Crippen LogP contribution in [-0.4, -0.2) is 54.5 Å². The van der Waals surface area contributed by atoms with Crippen LogP contribution in [0.4, 0.5) is 33.5 Å². The number of methoxy groups -OCH3 is 3. The van der Waals surface area contributed by atoms with Gasteiger partial charge in [-0.1, -0.05) is 0 Å². The third-order valence-electron chi connectivity index (χ3n) is 5.29. The zero-order valence-corrected chi connectivity index (χ0v) is 28.6. The third-order valence-corrected chi connectivity index (χ3v) is 5.59. The molecule has 1 aliphatic rings. The summed E-state index contributed by atoms with van der Waals surface area (Å²) < 4.78 is 67.5. The molecular weight excluding hydrogens is 600 g/mol. The molecule has 0 unspecified atom stereocenters. The van der Waals surface area contributed by atoms with E-state index in [1.54, 1.807) is 12.1 Å². The number of amides is 1. The van der Waals surface area contributed by atoms with Gasteiger partial charge in [0.25, 0.3) is 5.91 Å². The van der Waals surface area contributed by atoms with Crippen LogP contribution in [0.15, 0.2) is 30.5 Å². The molecule has 1 amide bonds. The minimum atomic E-state index is -5.91. The van der Waals surface area contributed by atoms with E-state index in [1.165, 1.54) is 47.3 Å². The van der Waals surface area contributed by atoms with Crippen LogP contribution in [0.2, 0.25) is 0 Å². The van der Waals surface area contributed by atoms with Crippen LogP contribution in [0.3, 0.4) is 0 Å². The molecule has 42 heavy (non-hydrogen) atoms. The number of fused-ring (bicyclic) bond motifs is 1. The Balaban J connectivity index is 0.00000337. The molecule has 1 aliphatic heterocycles. The molecule has 1 aromatic carbocycles. The van der Waals surface area contributed by atoms with Crippen molar-refractivity contribution in [3.8, 4) is 23.0 Å². The molecule has 0 radical (unpaired) electrons. The van der Waals surface area contributed by atoms with Crippen molar-refractivity contribution in [2.24, 2.45) is 0 Å². The van der Waals surface area contributed by atoms with Gasteiger partial charge >= 0.3 is 59.1 Å². The predicted molar refractivity (Wildman–Crippen MR) is 135 cm³/mol. The first kappa shape index (κ1) is 32.7. The summed E-state index contributed by atoms with van der Waals surface area (Å²) in [4.78, 5) is 47.8. The molecule has 19 heteroatoms. The predicted octanol–water partition coefficient (Wildman–Crippen LogP) is -4.16. The van der Waals surface area contributed by atoms with Crippen molar-refractivity contribution >= 4 is 42.8 Å². The van der Waals surface area contributed by atoms with Crippen LogP contribution in [0, 0.1) is 5.82 Å². The van der Waals surface area contributed by atoms with Crippen LogP contribution in [0.5, 0.6) is 23.0 Å². The van der Waals surface area contributed by atoms with E-state index in [0.717, 1.165) is 6.20 Å². The SMILES string of the molecule is [2H]C([2H])(OP(=O)([O-])[O-])N1C(=O)C(C)(C)Oc2ccc(Nc3nc(Nc4cc(OC)c(OC)c(OC)c4)ncc3F)nc21.[Na+].[Na+]. The number of aromatic nitrogens is 3. The number of hydrogen-bond acceptors (Lipinski definition) is 14. The first-order valence-corrected chi connectivity index (χ1v) is 12.7. The molecule has 2 aromatic heterocycles. The summed E-state index contributed by atoms with van der Waals surface area (Å²) in [5.74, 6) is -2.34. The van der Waals surface area contributed by atoms with Crippen molar-refractivity contribution < 1.29 is 109 Å². The third kappa shape index (κ3) is 8.23. The standard InChI is InChI=1S/C23H26FN6O9P.2Na/c1-23(2)21(31)30(11-38-40(32,33)34)20-14(39-23)6-7-17(28-20)27-19-13(24)10-25-22(29-19)26-12-8-15(35-3)18(37-5)16(9-12)36-4;;/h6-10H,11H2,1-5H3,(H2,32,33,34)(H2,25,26,27,28,29);;/q;2*+1/p-2/i11D2;;. The van der Waals surface area contributed by atoms with Crippen LogP contribution >= 0.6 is 7.82 Å². The summed E-state index contributed by atoms with van der Waals surface area (Å²) in [5, 5.41) is 5.47. The van der Waals surface area contributed by atoms with E-state index in [4.69, 9.17) is 21.7 Å². The number of nitrogens with zero attached hydrogens (tertiary/aromatic N) is 4. The minimum absolute atomic E-state index is 0. The van der Waals surface area contributed by atoms with E-state index in [1.807, 2.05) is 0 Å². The monoisotopic (exact) mass is 626 g/mol. The van der Waals surface area contributed by atoms with Crippen molar-refractivity contribution in [1.82, 2.24) is 15.0 Å². The van der Waals surface area contributed by atoms with Crippen molar-refractivity contribution in [2.45, 2.75) is 19.4 Å². The molecule has 0 aliphatic carbocycles. The van der Waals surface area contributed by atoms with Gasteiger partial charge in [-0.3, -0.25) is 9.69 Å². The summed E-state index contributed by atoms with van der Waals surface area (Å²) in [5.41, 5.74) is -1.29. The van der Waals surface area contributed by atoms with Crippen LogP contribution in [-0.2, 0) is 13.9 Å². The zero-order valence-electron chi connectivity index (χ0n) is 25.7. The topological polar surface area (TPSA) is 192 Å². The van der Waals surface area contributed by atoms with E-state index in [9.17, 15) is 23.5 Å². The Kier molecular flexibility index (Phi) is 11.3. The molecule has 0 spiro atoms. The molecule has 4 rings (SSSR count). The second-order valence-electron chi connectivity index (χ2n) is 8.46. The first-order valence-electron chi connectivity index (χ1n) is 12.2. The van der Waals surface area contributed by atoms with Crippen molar-refractivity contribution in [3.05, 3.63) is 36.3 Å². The van der Waals surface area contributed by atoms with Gasteiger partial charge in [-0.05, 0) is 26.0 Å². The normalized spacial score (nSPS) is 14.6. The Hall–Kier alpha value is -2.24. The molecule has 0 saturated carbocycles. The Morgan fingerprint density at radius 3 is 2.31 bits per heavy atom. The van der Waals surface area contributed by atoms with Gasteiger partial charge in [0, 0.05) is 17.8 Å². The number of benzene rings is 1. The second-order valence-corrected chi connectivity index (χ2v) is 9.53. The summed E-state index contributed by atoms with van der Waals surface area (Å²) >= 11 is 0. The van der Waals surface area contributed by atoms with Crippen LogP contribution < -0.4 is 103 Å². The molecule has 0 saturated heterocycles. The maximum absolute atomic E-state index is 14.7. The number of phosphoric ester groups is 1. The summed E-state index contributed by atoms with van der Waals surface area (Å²) in [7, 11) is -1.60. The maximum Gasteiger partial charge on any atom is 1.00 e. The van der Waals surface area contributed by atoms with E-state index in [0.29, 0.717) is 22.9 Å². The number of pyridine rings is 1. The Morgan fingerprint density at radius 1 is 1.10 bits per heavy atom. The van der Waals surface area contributed by atoms with Gasteiger partial charge in [0.1, 0.15) is 12.5 Å². The Morgan fingerprint density at radius 2 is 1.74 bits per heavy atom. The molecule has 0 atom stereocenters. The van der Waals surface area contributed by atoms with E-state index in [2.05, 4.69) is 30.1 Å². The van der Waals surface area contributed by atoms with Gasteiger partial charge in [0.15, 0.2) is 40.3 Å². The molecule has 0 bridgehead atoms. The molecule has 2 N–H and O–H groups in total. The van der Waals surface area contributed by atoms with Gasteiger partial charge in [0.05, 0.1) is 38.1 Å². The number of rotatable bonds is 10. The average molecular weight is 626 g/mol. The molecule has 15 nitrogen and oxygen atoms in total. The van der Waals surface area contributed by atoms with E-state index < -0.39 is 37.6 Å². The summed E-state index contributed by atoms with van der Waals surface area (Å²) in [6.07, 6.45) is 0.863. The molecule has 0 fully saturated rings. The number of nitrogens with one attached hydrogen (secondary N) is 2. The number of halogens is 1.